The molecule has 4 rings (SSSR count). The number of rotatable bonds is 3. The number of benzene rings is 1. The molecule has 7 heteroatoms. The summed E-state index contributed by atoms with van der Waals surface area (Å²) in [4.78, 5) is 4.48. The average molecular weight is 342 g/mol. The van der Waals surface area contributed by atoms with Crippen molar-refractivity contribution in [2.24, 2.45) is 0 Å². The monoisotopic (exact) mass is 341 g/mol. The number of ether oxygens (including phenoxy) is 1. The van der Waals surface area contributed by atoms with E-state index in [0.29, 0.717) is 17.6 Å². The van der Waals surface area contributed by atoms with Gasteiger partial charge in [0.05, 0.1) is 29.0 Å². The molecule has 122 valence electrons. The maximum Gasteiger partial charge on any atom is 0.336 e. The van der Waals surface area contributed by atoms with E-state index in [1.807, 2.05) is 30.5 Å². The average Bonchev–Trinajstić information content (AvgIpc) is 3.15. The van der Waals surface area contributed by atoms with Crippen molar-refractivity contribution in [1.82, 2.24) is 24.8 Å². The predicted octanol–water partition coefficient (Wildman–Crippen LogP) is 3.94. The van der Waals surface area contributed by atoms with Crippen molar-refractivity contribution in [3.63, 3.8) is 0 Å². The molecule has 3 aromatic heterocycles. The van der Waals surface area contributed by atoms with E-state index in [0.717, 1.165) is 38.9 Å². The summed E-state index contributed by atoms with van der Waals surface area (Å²) in [6, 6.07) is 6.44. The summed E-state index contributed by atoms with van der Waals surface area (Å²) in [5.74, 6) is 0. The van der Waals surface area contributed by atoms with E-state index in [2.05, 4.69) is 33.3 Å². The third-order valence-corrected chi connectivity index (χ3v) is 4.30. The highest BCUT2D eigenvalue weighted by atomic mass is 35.5. The van der Waals surface area contributed by atoms with Gasteiger partial charge < -0.3 is 4.74 Å². The van der Waals surface area contributed by atoms with Gasteiger partial charge in [0.1, 0.15) is 0 Å². The quantitative estimate of drug-likeness (QED) is 0.612. The molecular weight excluding hydrogens is 326 g/mol. The summed E-state index contributed by atoms with van der Waals surface area (Å²) in [6.07, 6.45) is 1.76. The topological polar surface area (TPSA) is 68.1 Å². The molecule has 0 radical (unpaired) electrons. The van der Waals surface area contributed by atoms with Crippen LogP contribution in [0.2, 0.25) is 5.02 Å². The second kappa shape index (κ2) is 5.49. The third-order valence-electron chi connectivity index (χ3n) is 4.01. The van der Waals surface area contributed by atoms with Crippen LogP contribution in [0.1, 0.15) is 18.1 Å². The lowest BCUT2D eigenvalue weighted by atomic mass is 10.0. The van der Waals surface area contributed by atoms with Gasteiger partial charge in [-0.2, -0.15) is 10.1 Å². The van der Waals surface area contributed by atoms with E-state index < -0.39 is 0 Å². The lowest BCUT2D eigenvalue weighted by Gasteiger charge is -2.11. The molecule has 0 aliphatic carbocycles. The van der Waals surface area contributed by atoms with Crippen LogP contribution in [0, 0.1) is 13.8 Å². The van der Waals surface area contributed by atoms with Crippen LogP contribution in [-0.4, -0.2) is 31.4 Å². The van der Waals surface area contributed by atoms with Crippen LogP contribution >= 0.6 is 11.6 Å². The van der Waals surface area contributed by atoms with E-state index in [4.69, 9.17) is 16.3 Å². The lowest BCUT2D eigenvalue weighted by Crippen LogP contribution is -2.00. The van der Waals surface area contributed by atoms with Gasteiger partial charge in [0.25, 0.3) is 0 Å². The fraction of sp³-hybridized carbons (Fsp3) is 0.235. The van der Waals surface area contributed by atoms with Crippen LogP contribution < -0.4 is 4.74 Å². The van der Waals surface area contributed by atoms with Gasteiger partial charge in [-0.25, -0.2) is 4.52 Å². The highest BCUT2D eigenvalue weighted by Gasteiger charge is 2.16. The summed E-state index contributed by atoms with van der Waals surface area (Å²) < 4.78 is 7.30. The molecule has 3 heterocycles. The van der Waals surface area contributed by atoms with Crippen LogP contribution in [0.25, 0.3) is 27.8 Å². The number of aromatic nitrogens is 5. The summed E-state index contributed by atoms with van der Waals surface area (Å²) in [7, 11) is 0. The number of nitrogens with zero attached hydrogens (tertiary/aromatic N) is 4. The van der Waals surface area contributed by atoms with Gasteiger partial charge in [-0.3, -0.25) is 5.10 Å². The van der Waals surface area contributed by atoms with Gasteiger partial charge >= 0.3 is 6.01 Å². The Morgan fingerprint density at radius 2 is 2.04 bits per heavy atom. The Bertz CT molecular complexity index is 1070. The molecule has 1 aromatic carbocycles. The Morgan fingerprint density at radius 1 is 1.21 bits per heavy atom. The highest BCUT2D eigenvalue weighted by Crippen LogP contribution is 2.32. The molecule has 0 aliphatic heterocycles. The predicted molar refractivity (Wildman–Crippen MR) is 93.7 cm³/mol. The first-order chi connectivity index (χ1) is 11.6. The minimum absolute atomic E-state index is 0.378. The molecule has 0 bridgehead atoms. The Kier molecular flexibility index (Phi) is 3.42. The molecule has 4 aromatic rings. The second-order valence-electron chi connectivity index (χ2n) is 5.71. The number of hydrogen-bond donors (Lipinski definition) is 1. The van der Waals surface area contributed by atoms with Crippen LogP contribution in [0.4, 0.5) is 0 Å². The van der Waals surface area contributed by atoms with E-state index in [1.54, 1.807) is 6.20 Å². The van der Waals surface area contributed by atoms with E-state index in [1.165, 1.54) is 0 Å². The van der Waals surface area contributed by atoms with Crippen molar-refractivity contribution in [2.45, 2.75) is 20.8 Å². The van der Waals surface area contributed by atoms with Crippen molar-refractivity contribution in [3.05, 3.63) is 40.5 Å². The number of aryl methyl sites for hydroxylation is 2. The van der Waals surface area contributed by atoms with Crippen LogP contribution in [0.5, 0.6) is 6.01 Å². The van der Waals surface area contributed by atoms with Crippen molar-refractivity contribution >= 4 is 28.2 Å². The highest BCUT2D eigenvalue weighted by molar-refractivity contribution is 6.35. The SMILES string of the molecule is CCOc1nc2c(C)cc(C)c(-c3cc(Cl)c4[nH]ncc4c3)n2n1. The Balaban J connectivity index is 2.03. The Morgan fingerprint density at radius 3 is 2.83 bits per heavy atom. The van der Waals surface area contributed by atoms with Gasteiger partial charge in [-0.1, -0.05) is 17.7 Å². The largest absolute Gasteiger partial charge is 0.463 e. The molecule has 0 unspecified atom stereocenters. The van der Waals surface area contributed by atoms with Crippen molar-refractivity contribution in [1.29, 1.82) is 0 Å². The second-order valence-corrected chi connectivity index (χ2v) is 6.12. The zero-order valence-electron chi connectivity index (χ0n) is 13.6. The summed E-state index contributed by atoms with van der Waals surface area (Å²) in [5.41, 5.74) is 5.65. The van der Waals surface area contributed by atoms with Gasteiger partial charge in [-0.05, 0) is 44.0 Å². The maximum absolute atomic E-state index is 6.40. The van der Waals surface area contributed by atoms with Gasteiger partial charge in [-0.15, -0.1) is 5.10 Å². The molecule has 0 saturated carbocycles. The van der Waals surface area contributed by atoms with Crippen molar-refractivity contribution in [2.75, 3.05) is 6.61 Å². The molecule has 1 N–H and O–H groups in total. The van der Waals surface area contributed by atoms with E-state index >= 15 is 0 Å². The van der Waals surface area contributed by atoms with Crippen LogP contribution in [0.15, 0.2) is 24.4 Å². The number of aromatic amines is 1. The fourth-order valence-electron chi connectivity index (χ4n) is 3.02. The molecule has 0 atom stereocenters. The molecular formula is C17H16ClN5O. The smallest absolute Gasteiger partial charge is 0.336 e. The van der Waals surface area contributed by atoms with Gasteiger partial charge in [0.15, 0.2) is 5.65 Å². The number of H-pyrrole nitrogens is 1. The third kappa shape index (κ3) is 2.22. The number of fused-ring (bicyclic) bond motifs is 2. The number of pyridine rings is 1. The van der Waals surface area contributed by atoms with Gasteiger partial charge in [0, 0.05) is 10.9 Å². The molecule has 0 spiro atoms. The van der Waals surface area contributed by atoms with E-state index in [9.17, 15) is 0 Å². The van der Waals surface area contributed by atoms with Crippen LogP contribution in [0.3, 0.4) is 0 Å². The number of halogens is 1. The summed E-state index contributed by atoms with van der Waals surface area (Å²) in [5, 5.41) is 13.1. The normalized spacial score (nSPS) is 11.5. The summed E-state index contributed by atoms with van der Waals surface area (Å²) >= 11 is 6.40. The first-order valence-corrected chi connectivity index (χ1v) is 8.09. The zero-order chi connectivity index (χ0) is 16.8. The molecule has 0 fully saturated rings. The Labute approximate surface area is 143 Å². The van der Waals surface area contributed by atoms with Crippen molar-refractivity contribution in [3.8, 4) is 17.3 Å². The van der Waals surface area contributed by atoms with Crippen molar-refractivity contribution < 1.29 is 4.74 Å². The lowest BCUT2D eigenvalue weighted by molar-refractivity contribution is 0.313. The maximum atomic E-state index is 6.40. The molecule has 24 heavy (non-hydrogen) atoms. The minimum Gasteiger partial charge on any atom is -0.463 e. The molecule has 0 saturated heterocycles. The number of hydrogen-bond acceptors (Lipinski definition) is 4. The fourth-order valence-corrected chi connectivity index (χ4v) is 3.29. The standard InChI is InChI=1S/C17H16ClN5O/c1-4-24-17-20-16-10(3)5-9(2)15(23(16)22-17)11-6-12-8-19-21-14(12)13(18)7-11/h5-8H,4H2,1-3H3,(H,19,21). The summed E-state index contributed by atoms with van der Waals surface area (Å²) in [6.45, 7) is 6.51. The first kappa shape index (κ1) is 15.0. The molecule has 0 aliphatic rings. The number of nitrogens with one attached hydrogen (secondary N) is 1. The van der Waals surface area contributed by atoms with Crippen LogP contribution in [-0.2, 0) is 0 Å². The zero-order valence-corrected chi connectivity index (χ0v) is 14.3. The van der Waals surface area contributed by atoms with E-state index in [-0.39, 0.29) is 0 Å². The van der Waals surface area contributed by atoms with Gasteiger partial charge in [0.2, 0.25) is 0 Å². The Hall–Kier alpha value is -2.60. The minimum atomic E-state index is 0.378. The molecule has 6 nitrogen and oxygen atoms in total. The first-order valence-electron chi connectivity index (χ1n) is 7.71. The molecule has 0 amide bonds.